The van der Waals surface area contributed by atoms with E-state index in [4.69, 9.17) is 0 Å². The molecule has 0 N–H and O–H groups in total. The lowest BCUT2D eigenvalue weighted by Crippen LogP contribution is -1.95. The van der Waals surface area contributed by atoms with Gasteiger partial charge in [-0.15, -0.1) is 11.8 Å². The standard InChI is InChI=1S/C19H19N3S/c1-15-14-18(22-19(21-15)17-9-11-20-12-10-17)23-13-5-8-16-6-3-2-4-7-16/h2-4,6-7,9-12,14H,5,8,13H2,1H3. The van der Waals surface area contributed by atoms with Gasteiger partial charge in [0, 0.05) is 23.7 Å². The molecule has 0 radical (unpaired) electrons. The number of pyridine rings is 1. The van der Waals surface area contributed by atoms with E-state index in [0.29, 0.717) is 0 Å². The molecule has 0 fully saturated rings. The summed E-state index contributed by atoms with van der Waals surface area (Å²) < 4.78 is 0. The van der Waals surface area contributed by atoms with E-state index in [1.807, 2.05) is 19.1 Å². The second kappa shape index (κ2) is 7.88. The molecule has 3 nitrogen and oxygen atoms in total. The summed E-state index contributed by atoms with van der Waals surface area (Å²) in [5.41, 5.74) is 3.40. The summed E-state index contributed by atoms with van der Waals surface area (Å²) in [6, 6.07) is 16.5. The van der Waals surface area contributed by atoms with Crippen molar-refractivity contribution in [2.45, 2.75) is 24.8 Å². The molecule has 0 amide bonds. The van der Waals surface area contributed by atoms with E-state index in [1.165, 1.54) is 5.56 Å². The van der Waals surface area contributed by atoms with E-state index in [0.717, 1.165) is 40.7 Å². The number of aromatic nitrogens is 3. The van der Waals surface area contributed by atoms with Gasteiger partial charge in [0.1, 0.15) is 5.03 Å². The molecule has 3 rings (SSSR count). The van der Waals surface area contributed by atoms with Crippen LogP contribution in [0.2, 0.25) is 0 Å². The fourth-order valence-corrected chi connectivity index (χ4v) is 3.24. The summed E-state index contributed by atoms with van der Waals surface area (Å²) in [6.45, 7) is 2.01. The van der Waals surface area contributed by atoms with Crippen molar-refractivity contribution >= 4 is 11.8 Å². The first-order chi connectivity index (χ1) is 11.3. The Morgan fingerprint density at radius 2 is 1.74 bits per heavy atom. The van der Waals surface area contributed by atoms with Gasteiger partial charge in [-0.05, 0) is 49.3 Å². The Kier molecular flexibility index (Phi) is 5.37. The fraction of sp³-hybridized carbons (Fsp3) is 0.211. The quantitative estimate of drug-likeness (QED) is 0.379. The van der Waals surface area contributed by atoms with Gasteiger partial charge >= 0.3 is 0 Å². The lowest BCUT2D eigenvalue weighted by atomic mass is 10.1. The monoisotopic (exact) mass is 321 g/mol. The number of rotatable bonds is 6. The molecule has 0 aliphatic heterocycles. The minimum absolute atomic E-state index is 0.776. The molecule has 1 aromatic carbocycles. The molecule has 0 saturated carbocycles. The van der Waals surface area contributed by atoms with E-state index < -0.39 is 0 Å². The van der Waals surface area contributed by atoms with Crippen molar-refractivity contribution in [3.63, 3.8) is 0 Å². The summed E-state index contributed by atoms with van der Waals surface area (Å²) in [7, 11) is 0. The van der Waals surface area contributed by atoms with Crippen LogP contribution in [0.5, 0.6) is 0 Å². The highest BCUT2D eigenvalue weighted by atomic mass is 32.2. The molecular weight excluding hydrogens is 302 g/mol. The first-order valence-corrected chi connectivity index (χ1v) is 8.72. The molecule has 0 atom stereocenters. The maximum absolute atomic E-state index is 4.67. The van der Waals surface area contributed by atoms with Crippen molar-refractivity contribution in [1.82, 2.24) is 15.0 Å². The minimum Gasteiger partial charge on any atom is -0.265 e. The second-order valence-corrected chi connectivity index (χ2v) is 6.46. The topological polar surface area (TPSA) is 38.7 Å². The van der Waals surface area contributed by atoms with Crippen LogP contribution in [-0.4, -0.2) is 20.7 Å². The Bertz CT molecular complexity index is 745. The van der Waals surface area contributed by atoms with Crippen molar-refractivity contribution in [2.24, 2.45) is 0 Å². The zero-order chi connectivity index (χ0) is 15.9. The van der Waals surface area contributed by atoms with E-state index in [9.17, 15) is 0 Å². The largest absolute Gasteiger partial charge is 0.265 e. The molecule has 0 aliphatic rings. The van der Waals surface area contributed by atoms with Gasteiger partial charge in [-0.2, -0.15) is 0 Å². The van der Waals surface area contributed by atoms with E-state index in [-0.39, 0.29) is 0 Å². The lowest BCUT2D eigenvalue weighted by molar-refractivity contribution is 0.928. The Hall–Kier alpha value is -2.20. The fourth-order valence-electron chi connectivity index (χ4n) is 2.34. The molecule has 116 valence electrons. The van der Waals surface area contributed by atoms with Crippen LogP contribution in [0.4, 0.5) is 0 Å². The molecule has 0 aliphatic carbocycles. The zero-order valence-electron chi connectivity index (χ0n) is 13.1. The highest BCUT2D eigenvalue weighted by Gasteiger charge is 2.05. The normalized spacial score (nSPS) is 10.7. The molecule has 4 heteroatoms. The van der Waals surface area contributed by atoms with Gasteiger partial charge in [0.2, 0.25) is 0 Å². The molecule has 0 bridgehead atoms. The van der Waals surface area contributed by atoms with Crippen molar-refractivity contribution in [3.05, 3.63) is 72.2 Å². The summed E-state index contributed by atoms with van der Waals surface area (Å²) >= 11 is 1.80. The molecule has 2 heterocycles. The summed E-state index contributed by atoms with van der Waals surface area (Å²) in [5.74, 6) is 1.83. The Labute approximate surface area is 141 Å². The third-order valence-electron chi connectivity index (χ3n) is 3.47. The van der Waals surface area contributed by atoms with Crippen LogP contribution in [-0.2, 0) is 6.42 Å². The molecule has 3 aromatic rings. The summed E-state index contributed by atoms with van der Waals surface area (Å²) in [4.78, 5) is 13.2. The average Bonchev–Trinajstić information content (AvgIpc) is 2.60. The van der Waals surface area contributed by atoms with E-state index in [2.05, 4.69) is 51.4 Å². The van der Waals surface area contributed by atoms with Crippen molar-refractivity contribution in [2.75, 3.05) is 5.75 Å². The zero-order valence-corrected chi connectivity index (χ0v) is 14.0. The number of thioether (sulfide) groups is 1. The van der Waals surface area contributed by atoms with Gasteiger partial charge in [-0.25, -0.2) is 9.97 Å². The van der Waals surface area contributed by atoms with Crippen LogP contribution in [0.3, 0.4) is 0 Å². The Morgan fingerprint density at radius 3 is 2.52 bits per heavy atom. The number of benzene rings is 1. The molecule has 0 spiro atoms. The van der Waals surface area contributed by atoms with Crippen molar-refractivity contribution in [1.29, 1.82) is 0 Å². The number of hydrogen-bond acceptors (Lipinski definition) is 4. The van der Waals surface area contributed by atoms with Gasteiger partial charge in [0.15, 0.2) is 5.82 Å². The highest BCUT2D eigenvalue weighted by molar-refractivity contribution is 7.99. The molecular formula is C19H19N3S. The molecule has 0 saturated heterocycles. The maximum Gasteiger partial charge on any atom is 0.160 e. The van der Waals surface area contributed by atoms with Gasteiger partial charge < -0.3 is 0 Å². The lowest BCUT2D eigenvalue weighted by Gasteiger charge is -2.06. The number of aryl methyl sites for hydroxylation is 2. The third kappa shape index (κ3) is 4.63. The van der Waals surface area contributed by atoms with E-state index >= 15 is 0 Å². The number of hydrogen-bond donors (Lipinski definition) is 0. The average molecular weight is 321 g/mol. The van der Waals surface area contributed by atoms with Crippen LogP contribution in [0.1, 0.15) is 17.7 Å². The smallest absolute Gasteiger partial charge is 0.160 e. The van der Waals surface area contributed by atoms with Gasteiger partial charge in [0.25, 0.3) is 0 Å². The van der Waals surface area contributed by atoms with Crippen LogP contribution >= 0.6 is 11.8 Å². The first kappa shape index (κ1) is 15.7. The predicted molar refractivity (Wildman–Crippen MR) is 95.5 cm³/mol. The first-order valence-electron chi connectivity index (χ1n) is 7.74. The van der Waals surface area contributed by atoms with Gasteiger partial charge in [0.05, 0.1) is 0 Å². The Balaban J connectivity index is 1.61. The van der Waals surface area contributed by atoms with Crippen LogP contribution in [0, 0.1) is 6.92 Å². The van der Waals surface area contributed by atoms with E-state index in [1.54, 1.807) is 24.2 Å². The van der Waals surface area contributed by atoms with Crippen molar-refractivity contribution < 1.29 is 0 Å². The Morgan fingerprint density at radius 1 is 0.957 bits per heavy atom. The summed E-state index contributed by atoms with van der Waals surface area (Å²) in [6.07, 6.45) is 5.79. The van der Waals surface area contributed by atoms with Crippen LogP contribution in [0.25, 0.3) is 11.4 Å². The van der Waals surface area contributed by atoms with Crippen LogP contribution in [0.15, 0.2) is 66.0 Å². The molecule has 2 aromatic heterocycles. The maximum atomic E-state index is 4.67. The summed E-state index contributed by atoms with van der Waals surface area (Å²) in [5, 5.41) is 1.04. The third-order valence-corrected chi connectivity index (χ3v) is 4.47. The van der Waals surface area contributed by atoms with Gasteiger partial charge in [-0.1, -0.05) is 30.3 Å². The second-order valence-electron chi connectivity index (χ2n) is 5.34. The van der Waals surface area contributed by atoms with Crippen molar-refractivity contribution in [3.8, 4) is 11.4 Å². The van der Waals surface area contributed by atoms with Gasteiger partial charge in [-0.3, -0.25) is 4.98 Å². The number of nitrogens with zero attached hydrogens (tertiary/aromatic N) is 3. The molecule has 23 heavy (non-hydrogen) atoms. The molecule has 0 unspecified atom stereocenters. The minimum atomic E-state index is 0.776. The van der Waals surface area contributed by atoms with Crippen LogP contribution < -0.4 is 0 Å². The SMILES string of the molecule is Cc1cc(SCCCc2ccccc2)nc(-c2ccncc2)n1. The highest BCUT2D eigenvalue weighted by Crippen LogP contribution is 2.22. The predicted octanol–water partition coefficient (Wildman–Crippen LogP) is 4.57.